The van der Waals surface area contributed by atoms with Gasteiger partial charge in [-0.1, -0.05) is 0 Å². The number of hydrogen-bond donors (Lipinski definition) is 1. The van der Waals surface area contributed by atoms with Crippen LogP contribution in [0.4, 0.5) is 5.95 Å². The predicted octanol–water partition coefficient (Wildman–Crippen LogP) is 2.58. The Morgan fingerprint density at radius 2 is 2.33 bits per heavy atom. The molecule has 2 rings (SSSR count). The Morgan fingerprint density at radius 1 is 1.50 bits per heavy atom. The van der Waals surface area contributed by atoms with Crippen LogP contribution in [-0.4, -0.2) is 16.2 Å². The predicted molar refractivity (Wildman–Crippen MR) is 70.6 cm³/mol. The third-order valence-electron chi connectivity index (χ3n) is 2.20. The zero-order valence-corrected chi connectivity index (χ0v) is 10.4. The molecule has 0 aliphatic carbocycles. The molecule has 0 atom stereocenters. The first kappa shape index (κ1) is 12.2. The first-order valence-corrected chi connectivity index (χ1v) is 6.30. The van der Waals surface area contributed by atoms with Gasteiger partial charge in [-0.25, -0.2) is 9.97 Å². The smallest absolute Gasteiger partial charge is 0.221 e. The minimum atomic E-state index is 0.180. The van der Waals surface area contributed by atoms with Crippen LogP contribution in [0, 0.1) is 11.3 Å². The largest absolute Gasteiger partial charge is 0.463 e. The number of nitrogens with zero attached hydrogens (tertiary/aromatic N) is 3. The monoisotopic (exact) mass is 258 g/mol. The maximum absolute atomic E-state index is 8.63. The summed E-state index contributed by atoms with van der Waals surface area (Å²) in [7, 11) is 0. The average Bonchev–Trinajstić information content (AvgIpc) is 2.90. The van der Waals surface area contributed by atoms with Crippen molar-refractivity contribution in [2.45, 2.75) is 5.03 Å². The number of furan rings is 1. The molecule has 0 saturated carbocycles. The van der Waals surface area contributed by atoms with Crippen LogP contribution in [-0.2, 0) is 0 Å². The molecule has 6 heteroatoms. The van der Waals surface area contributed by atoms with E-state index in [4.69, 9.17) is 15.4 Å². The van der Waals surface area contributed by atoms with Gasteiger partial charge >= 0.3 is 0 Å². The number of aromatic nitrogens is 2. The third kappa shape index (κ3) is 2.36. The maximum Gasteiger partial charge on any atom is 0.221 e. The second kappa shape index (κ2) is 5.38. The van der Waals surface area contributed by atoms with Gasteiger partial charge in [-0.15, -0.1) is 11.8 Å². The van der Waals surface area contributed by atoms with E-state index in [1.807, 2.05) is 12.3 Å². The van der Waals surface area contributed by atoms with Gasteiger partial charge in [0.15, 0.2) is 5.76 Å². The van der Waals surface area contributed by atoms with E-state index in [0.29, 0.717) is 16.5 Å². The molecular weight excluding hydrogens is 248 g/mol. The minimum absolute atomic E-state index is 0.180. The third-order valence-corrected chi connectivity index (χ3v) is 2.90. The molecule has 0 saturated heterocycles. The topological polar surface area (TPSA) is 88.7 Å². The number of hydrogen-bond acceptors (Lipinski definition) is 6. The van der Waals surface area contributed by atoms with Gasteiger partial charge in [-0.2, -0.15) is 5.26 Å². The first-order chi connectivity index (χ1) is 8.76. The van der Waals surface area contributed by atoms with E-state index in [2.05, 4.69) is 9.97 Å². The Morgan fingerprint density at radius 3 is 2.94 bits per heavy atom. The van der Waals surface area contributed by atoms with E-state index < -0.39 is 0 Å². The Hall–Kier alpha value is -2.26. The molecule has 0 aliphatic heterocycles. The second-order valence-electron chi connectivity index (χ2n) is 3.29. The highest BCUT2D eigenvalue weighted by Crippen LogP contribution is 2.30. The number of nitriles is 1. The van der Waals surface area contributed by atoms with Crippen molar-refractivity contribution in [1.82, 2.24) is 9.97 Å². The molecule has 2 heterocycles. The van der Waals surface area contributed by atoms with Crippen molar-refractivity contribution in [2.24, 2.45) is 0 Å². The molecule has 2 aromatic rings. The fourth-order valence-corrected chi connectivity index (χ4v) is 2.06. The molecule has 2 aromatic heterocycles. The molecule has 0 aromatic carbocycles. The molecule has 2 N–H and O–H groups in total. The minimum Gasteiger partial charge on any atom is -0.463 e. The van der Waals surface area contributed by atoms with Crippen LogP contribution in [0.3, 0.4) is 0 Å². The zero-order chi connectivity index (χ0) is 13.0. The van der Waals surface area contributed by atoms with Gasteiger partial charge in [0, 0.05) is 11.6 Å². The van der Waals surface area contributed by atoms with E-state index >= 15 is 0 Å². The van der Waals surface area contributed by atoms with Crippen molar-refractivity contribution in [3.8, 4) is 17.5 Å². The van der Waals surface area contributed by atoms with Crippen molar-refractivity contribution in [3.63, 3.8) is 0 Å². The van der Waals surface area contributed by atoms with Crippen molar-refractivity contribution in [2.75, 3.05) is 12.0 Å². The summed E-state index contributed by atoms with van der Waals surface area (Å²) in [5, 5.41) is 9.34. The number of nitrogens with two attached hydrogens (primary N) is 1. The Labute approximate surface area is 108 Å². The van der Waals surface area contributed by atoms with E-state index in [0.717, 1.165) is 5.56 Å². The van der Waals surface area contributed by atoms with Crippen LogP contribution < -0.4 is 5.73 Å². The fourth-order valence-electron chi connectivity index (χ4n) is 1.49. The molecular formula is C12H10N4OS. The van der Waals surface area contributed by atoms with E-state index in [-0.39, 0.29) is 5.95 Å². The van der Waals surface area contributed by atoms with Crippen LogP contribution in [0.5, 0.6) is 0 Å². The number of allylic oxidation sites excluding steroid dienone is 1. The van der Waals surface area contributed by atoms with Crippen molar-refractivity contribution in [1.29, 1.82) is 5.26 Å². The fraction of sp³-hybridized carbons (Fsp3) is 0.0833. The Kier molecular flexibility index (Phi) is 3.65. The maximum atomic E-state index is 8.63. The molecule has 0 unspecified atom stereocenters. The lowest BCUT2D eigenvalue weighted by atomic mass is 10.2. The van der Waals surface area contributed by atoms with Gasteiger partial charge in [0.2, 0.25) is 5.95 Å². The van der Waals surface area contributed by atoms with E-state index in [1.165, 1.54) is 17.8 Å². The van der Waals surface area contributed by atoms with Crippen molar-refractivity contribution >= 4 is 23.8 Å². The van der Waals surface area contributed by atoms with Crippen molar-refractivity contribution < 1.29 is 4.42 Å². The van der Waals surface area contributed by atoms with Gasteiger partial charge in [0.1, 0.15) is 10.7 Å². The molecule has 0 bridgehead atoms. The lowest BCUT2D eigenvalue weighted by molar-refractivity contribution is 0.579. The first-order valence-electron chi connectivity index (χ1n) is 5.07. The highest BCUT2D eigenvalue weighted by Gasteiger charge is 2.14. The van der Waals surface area contributed by atoms with Crippen LogP contribution in [0.1, 0.15) is 5.56 Å². The number of nitrogen functional groups attached to an aromatic ring is 1. The molecule has 0 radical (unpaired) electrons. The Balaban J connectivity index is 2.66. The van der Waals surface area contributed by atoms with Crippen molar-refractivity contribution in [3.05, 3.63) is 30.0 Å². The molecule has 18 heavy (non-hydrogen) atoms. The van der Waals surface area contributed by atoms with Crippen LogP contribution >= 0.6 is 11.8 Å². The van der Waals surface area contributed by atoms with E-state index in [1.54, 1.807) is 24.5 Å². The highest BCUT2D eigenvalue weighted by molar-refractivity contribution is 7.98. The standard InChI is InChI=1S/C12H10N4OS/c1-18-11-8(4-2-6-13)10(15-12(14)16-11)9-5-3-7-17-9/h2-5,7H,1H3,(H2,14,15,16)/b4-2+. The summed E-state index contributed by atoms with van der Waals surface area (Å²) < 4.78 is 5.32. The summed E-state index contributed by atoms with van der Waals surface area (Å²) in [6.07, 6.45) is 6.48. The molecule has 0 aliphatic rings. The highest BCUT2D eigenvalue weighted by atomic mass is 32.2. The molecule has 90 valence electrons. The zero-order valence-electron chi connectivity index (χ0n) is 9.62. The normalized spacial score (nSPS) is 10.7. The number of thioether (sulfide) groups is 1. The van der Waals surface area contributed by atoms with E-state index in [9.17, 15) is 0 Å². The van der Waals surface area contributed by atoms with Crippen LogP contribution in [0.25, 0.3) is 17.5 Å². The van der Waals surface area contributed by atoms with Gasteiger partial charge in [0.05, 0.1) is 12.3 Å². The summed E-state index contributed by atoms with van der Waals surface area (Å²) in [5.41, 5.74) is 6.99. The summed E-state index contributed by atoms with van der Waals surface area (Å²) in [4.78, 5) is 8.32. The number of anilines is 1. The SMILES string of the molecule is CSc1nc(N)nc(-c2ccco2)c1/C=C/C#N. The van der Waals surface area contributed by atoms with Gasteiger partial charge < -0.3 is 10.2 Å². The molecule has 0 spiro atoms. The lowest BCUT2D eigenvalue weighted by Gasteiger charge is -2.07. The summed E-state index contributed by atoms with van der Waals surface area (Å²) in [6.45, 7) is 0. The Bertz CT molecular complexity index is 614. The van der Waals surface area contributed by atoms with Crippen LogP contribution in [0.15, 0.2) is 33.9 Å². The summed E-state index contributed by atoms with van der Waals surface area (Å²) in [6, 6.07) is 5.50. The van der Waals surface area contributed by atoms with Gasteiger partial charge in [-0.05, 0) is 24.5 Å². The average molecular weight is 258 g/mol. The number of rotatable bonds is 3. The van der Waals surface area contributed by atoms with Crippen LogP contribution in [0.2, 0.25) is 0 Å². The molecule has 0 fully saturated rings. The molecule has 0 amide bonds. The lowest BCUT2D eigenvalue weighted by Crippen LogP contribution is -2.01. The van der Waals surface area contributed by atoms with Gasteiger partial charge in [0.25, 0.3) is 0 Å². The quantitative estimate of drug-likeness (QED) is 0.517. The second-order valence-corrected chi connectivity index (χ2v) is 4.09. The summed E-state index contributed by atoms with van der Waals surface area (Å²) >= 11 is 1.44. The molecule has 5 nitrogen and oxygen atoms in total. The summed E-state index contributed by atoms with van der Waals surface area (Å²) in [5.74, 6) is 0.775. The van der Waals surface area contributed by atoms with Gasteiger partial charge in [-0.3, -0.25) is 0 Å².